The average molecular weight is 369 g/mol. The molecule has 3 aromatic rings. The number of morpholine rings is 1. The summed E-state index contributed by atoms with van der Waals surface area (Å²) in [5.74, 6) is -0.274. The quantitative estimate of drug-likeness (QED) is 0.710. The second-order valence-corrected chi connectivity index (χ2v) is 7.24. The van der Waals surface area contributed by atoms with Crippen LogP contribution in [0, 0.1) is 6.92 Å². The maximum absolute atomic E-state index is 12.9. The second-order valence-electron chi connectivity index (χ2n) is 6.41. The van der Waals surface area contributed by atoms with Gasteiger partial charge in [0.25, 0.3) is 11.5 Å². The van der Waals surface area contributed by atoms with Crippen LogP contribution in [0.2, 0.25) is 0 Å². The molecule has 1 amide bonds. The highest BCUT2D eigenvalue weighted by molar-refractivity contribution is 7.15. The van der Waals surface area contributed by atoms with E-state index in [1.807, 2.05) is 42.6 Å². The number of rotatable bonds is 3. The lowest BCUT2D eigenvalue weighted by molar-refractivity contribution is -0.0209. The Hall–Kier alpha value is -2.51. The van der Waals surface area contributed by atoms with Gasteiger partial charge in [0.15, 0.2) is 4.96 Å². The maximum atomic E-state index is 12.9. The molecule has 3 heterocycles. The van der Waals surface area contributed by atoms with Crippen LogP contribution in [-0.4, -0.2) is 46.0 Å². The number of ether oxygens (including phenoxy) is 1. The van der Waals surface area contributed by atoms with Crippen LogP contribution in [0.25, 0.3) is 4.96 Å². The molecular formula is C19H19N3O3S. The van der Waals surface area contributed by atoms with E-state index in [-0.39, 0.29) is 23.1 Å². The van der Waals surface area contributed by atoms with Crippen molar-refractivity contribution >= 4 is 22.2 Å². The number of thiazole rings is 1. The van der Waals surface area contributed by atoms with Crippen LogP contribution in [0.4, 0.5) is 0 Å². The van der Waals surface area contributed by atoms with E-state index in [0.29, 0.717) is 24.7 Å². The molecule has 2 aromatic heterocycles. The van der Waals surface area contributed by atoms with Gasteiger partial charge < -0.3 is 9.64 Å². The third-order valence-corrected chi connectivity index (χ3v) is 5.54. The van der Waals surface area contributed by atoms with E-state index in [9.17, 15) is 9.59 Å². The number of benzene rings is 1. The Kier molecular flexibility index (Phi) is 4.57. The molecular weight excluding hydrogens is 350 g/mol. The van der Waals surface area contributed by atoms with Crippen molar-refractivity contribution in [3.05, 3.63) is 69.1 Å². The van der Waals surface area contributed by atoms with E-state index in [1.54, 1.807) is 4.90 Å². The number of amides is 1. The standard InChI is InChI=1S/C19H19N3O3S/c1-13-12-26-19-20-10-16(18(24)22(13)19)17(23)21-7-8-25-15(11-21)9-14-5-3-2-4-6-14/h2-6,10,12,15H,7-9,11H2,1H3. The van der Waals surface area contributed by atoms with Gasteiger partial charge >= 0.3 is 0 Å². The number of nitrogens with zero attached hydrogens (tertiary/aromatic N) is 3. The smallest absolute Gasteiger partial charge is 0.271 e. The van der Waals surface area contributed by atoms with Gasteiger partial charge in [-0.1, -0.05) is 30.3 Å². The molecule has 7 heteroatoms. The fourth-order valence-corrected chi connectivity index (χ4v) is 4.07. The number of fused-ring (bicyclic) bond motifs is 1. The molecule has 1 saturated heterocycles. The number of hydrogen-bond donors (Lipinski definition) is 0. The summed E-state index contributed by atoms with van der Waals surface area (Å²) in [5, 5.41) is 1.86. The summed E-state index contributed by atoms with van der Waals surface area (Å²) >= 11 is 1.39. The van der Waals surface area contributed by atoms with Crippen LogP contribution in [0.15, 0.2) is 46.7 Å². The maximum Gasteiger partial charge on any atom is 0.271 e. The molecule has 1 aromatic carbocycles. The zero-order valence-electron chi connectivity index (χ0n) is 14.4. The van der Waals surface area contributed by atoms with Gasteiger partial charge in [0, 0.05) is 36.8 Å². The number of aryl methyl sites for hydroxylation is 1. The topological polar surface area (TPSA) is 63.9 Å². The summed E-state index contributed by atoms with van der Waals surface area (Å²) in [6.45, 7) is 3.26. The third-order valence-electron chi connectivity index (χ3n) is 4.58. The van der Waals surface area contributed by atoms with Crippen LogP contribution in [0.3, 0.4) is 0 Å². The van der Waals surface area contributed by atoms with Gasteiger partial charge in [0.1, 0.15) is 5.56 Å². The third kappa shape index (κ3) is 3.15. The van der Waals surface area contributed by atoms with Crippen molar-refractivity contribution in [1.82, 2.24) is 14.3 Å². The van der Waals surface area contributed by atoms with Crippen molar-refractivity contribution in [2.45, 2.75) is 19.4 Å². The van der Waals surface area contributed by atoms with Gasteiger partial charge in [0.05, 0.1) is 12.7 Å². The first-order valence-electron chi connectivity index (χ1n) is 8.54. The highest BCUT2D eigenvalue weighted by atomic mass is 32.1. The molecule has 0 radical (unpaired) electrons. The Morgan fingerprint density at radius 1 is 1.35 bits per heavy atom. The largest absolute Gasteiger partial charge is 0.374 e. The first-order valence-corrected chi connectivity index (χ1v) is 9.42. The van der Waals surface area contributed by atoms with Crippen LogP contribution in [-0.2, 0) is 11.2 Å². The molecule has 6 nitrogen and oxygen atoms in total. The average Bonchev–Trinajstić information content (AvgIpc) is 3.04. The molecule has 0 saturated carbocycles. The molecule has 0 N–H and O–H groups in total. The van der Waals surface area contributed by atoms with Crippen LogP contribution < -0.4 is 5.56 Å². The molecule has 1 fully saturated rings. The molecule has 1 aliphatic rings. The SMILES string of the molecule is Cc1csc2ncc(C(=O)N3CCOC(Cc4ccccc4)C3)c(=O)n12. The summed E-state index contributed by atoms with van der Waals surface area (Å²) in [6.07, 6.45) is 2.07. The van der Waals surface area contributed by atoms with E-state index in [2.05, 4.69) is 4.98 Å². The monoisotopic (exact) mass is 369 g/mol. The molecule has 26 heavy (non-hydrogen) atoms. The van der Waals surface area contributed by atoms with Gasteiger partial charge in [-0.2, -0.15) is 0 Å². The molecule has 4 rings (SSSR count). The first-order chi connectivity index (χ1) is 12.6. The van der Waals surface area contributed by atoms with Crippen molar-refractivity contribution in [3.8, 4) is 0 Å². The zero-order valence-corrected chi connectivity index (χ0v) is 15.2. The number of carbonyl (C=O) groups excluding carboxylic acids is 1. The van der Waals surface area contributed by atoms with Gasteiger partial charge in [-0.05, 0) is 12.5 Å². The Morgan fingerprint density at radius 2 is 2.15 bits per heavy atom. The summed E-state index contributed by atoms with van der Waals surface area (Å²) in [6, 6.07) is 10.1. The number of carbonyl (C=O) groups is 1. The van der Waals surface area contributed by atoms with Gasteiger partial charge in [-0.25, -0.2) is 4.98 Å². The normalized spacial score (nSPS) is 17.6. The number of hydrogen-bond acceptors (Lipinski definition) is 5. The number of aromatic nitrogens is 2. The van der Waals surface area contributed by atoms with Crippen molar-refractivity contribution < 1.29 is 9.53 Å². The molecule has 134 valence electrons. The summed E-state index contributed by atoms with van der Waals surface area (Å²) in [4.78, 5) is 32.2. The van der Waals surface area contributed by atoms with Crippen LogP contribution >= 0.6 is 11.3 Å². The lowest BCUT2D eigenvalue weighted by Gasteiger charge is -2.33. The van der Waals surface area contributed by atoms with Crippen molar-refractivity contribution in [3.63, 3.8) is 0 Å². The molecule has 1 atom stereocenters. The fraction of sp³-hybridized carbons (Fsp3) is 0.316. The predicted octanol–water partition coefficient (Wildman–Crippen LogP) is 2.15. The Morgan fingerprint density at radius 3 is 2.96 bits per heavy atom. The molecule has 0 aliphatic carbocycles. The van der Waals surface area contributed by atoms with E-state index in [1.165, 1.54) is 27.5 Å². The summed E-state index contributed by atoms with van der Waals surface area (Å²) in [5.41, 5.74) is 1.78. The molecule has 1 aliphatic heterocycles. The van der Waals surface area contributed by atoms with Crippen molar-refractivity contribution in [2.24, 2.45) is 0 Å². The lowest BCUT2D eigenvalue weighted by atomic mass is 10.1. The molecule has 0 bridgehead atoms. The zero-order chi connectivity index (χ0) is 18.1. The molecule has 1 unspecified atom stereocenters. The van der Waals surface area contributed by atoms with Gasteiger partial charge in [-0.3, -0.25) is 14.0 Å². The minimum absolute atomic E-state index is 0.0718. The van der Waals surface area contributed by atoms with Crippen molar-refractivity contribution in [1.29, 1.82) is 0 Å². The lowest BCUT2D eigenvalue weighted by Crippen LogP contribution is -2.47. The van der Waals surface area contributed by atoms with Crippen LogP contribution in [0.5, 0.6) is 0 Å². The van der Waals surface area contributed by atoms with Gasteiger partial charge in [-0.15, -0.1) is 11.3 Å². The Labute approximate surface area is 154 Å². The predicted molar refractivity (Wildman–Crippen MR) is 99.9 cm³/mol. The summed E-state index contributed by atoms with van der Waals surface area (Å²) in [7, 11) is 0. The van der Waals surface area contributed by atoms with E-state index in [4.69, 9.17) is 4.74 Å². The second kappa shape index (κ2) is 7.01. The van der Waals surface area contributed by atoms with E-state index < -0.39 is 0 Å². The van der Waals surface area contributed by atoms with Gasteiger partial charge in [0.2, 0.25) is 0 Å². The minimum atomic E-state index is -0.301. The minimum Gasteiger partial charge on any atom is -0.374 e. The molecule has 0 spiro atoms. The fourth-order valence-electron chi connectivity index (χ4n) is 3.25. The first kappa shape index (κ1) is 16.9. The van der Waals surface area contributed by atoms with E-state index >= 15 is 0 Å². The highest BCUT2D eigenvalue weighted by Crippen LogP contribution is 2.15. The van der Waals surface area contributed by atoms with E-state index in [0.717, 1.165) is 12.1 Å². The Balaban J connectivity index is 1.55. The van der Waals surface area contributed by atoms with Crippen LogP contribution in [0.1, 0.15) is 21.6 Å². The summed E-state index contributed by atoms with van der Waals surface area (Å²) < 4.78 is 7.31. The van der Waals surface area contributed by atoms with Crippen molar-refractivity contribution in [2.75, 3.05) is 19.7 Å². The highest BCUT2D eigenvalue weighted by Gasteiger charge is 2.27. The Bertz CT molecular complexity index is 996.